The van der Waals surface area contributed by atoms with Crippen molar-refractivity contribution in [2.75, 3.05) is 5.32 Å². The van der Waals surface area contributed by atoms with E-state index in [0.717, 1.165) is 29.2 Å². The molecule has 0 saturated heterocycles. The largest absolute Gasteiger partial charge is 0.366 e. The molecule has 2 aromatic carbocycles. The van der Waals surface area contributed by atoms with Crippen LogP contribution in [0.3, 0.4) is 0 Å². The van der Waals surface area contributed by atoms with E-state index < -0.39 is 0 Å². The van der Waals surface area contributed by atoms with Crippen LogP contribution in [0.4, 0.5) is 5.82 Å². The Bertz CT molecular complexity index is 1020. The van der Waals surface area contributed by atoms with Gasteiger partial charge in [-0.15, -0.1) is 5.10 Å². The molecule has 0 spiro atoms. The van der Waals surface area contributed by atoms with Crippen molar-refractivity contribution in [3.8, 4) is 11.4 Å². The van der Waals surface area contributed by atoms with Crippen molar-refractivity contribution < 1.29 is 0 Å². The number of anilines is 1. The summed E-state index contributed by atoms with van der Waals surface area (Å²) in [5.41, 5.74) is 4.30. The molecule has 0 unspecified atom stereocenters. The first kappa shape index (κ1) is 15.3. The summed E-state index contributed by atoms with van der Waals surface area (Å²) in [6.07, 6.45) is 0. The number of benzene rings is 2. The van der Waals surface area contributed by atoms with E-state index in [1.165, 1.54) is 5.56 Å². The summed E-state index contributed by atoms with van der Waals surface area (Å²) in [4.78, 5) is 9.14. The number of aryl methyl sites for hydroxylation is 2. The van der Waals surface area contributed by atoms with E-state index in [1.54, 1.807) is 4.52 Å². The van der Waals surface area contributed by atoms with Crippen molar-refractivity contribution in [3.05, 3.63) is 77.5 Å². The summed E-state index contributed by atoms with van der Waals surface area (Å²) in [6, 6.07) is 20.4. The maximum atomic E-state index is 4.68. The highest BCUT2D eigenvalue weighted by Crippen LogP contribution is 2.22. The Kier molecular flexibility index (Phi) is 3.90. The van der Waals surface area contributed by atoms with Crippen LogP contribution in [0.25, 0.3) is 17.2 Å². The van der Waals surface area contributed by atoms with Crippen molar-refractivity contribution in [3.63, 3.8) is 0 Å². The van der Waals surface area contributed by atoms with Gasteiger partial charge in [0, 0.05) is 23.9 Å². The molecule has 0 aliphatic carbocycles. The minimum absolute atomic E-state index is 0.605. The van der Waals surface area contributed by atoms with Crippen LogP contribution in [-0.2, 0) is 6.54 Å². The van der Waals surface area contributed by atoms with Crippen molar-refractivity contribution in [2.45, 2.75) is 20.4 Å². The van der Waals surface area contributed by atoms with Gasteiger partial charge in [-0.3, -0.25) is 0 Å². The molecule has 0 aliphatic rings. The molecule has 124 valence electrons. The topological polar surface area (TPSA) is 55.1 Å². The lowest BCUT2D eigenvalue weighted by molar-refractivity contribution is 0.918. The molecule has 0 saturated carbocycles. The van der Waals surface area contributed by atoms with Crippen LogP contribution < -0.4 is 5.32 Å². The van der Waals surface area contributed by atoms with Gasteiger partial charge in [0.1, 0.15) is 5.82 Å². The number of nitrogens with one attached hydrogen (secondary N) is 1. The molecule has 25 heavy (non-hydrogen) atoms. The number of fused-ring (bicyclic) bond motifs is 1. The Hall–Kier alpha value is -3.21. The fourth-order valence-electron chi connectivity index (χ4n) is 2.84. The normalized spacial score (nSPS) is 11.0. The first-order valence-electron chi connectivity index (χ1n) is 8.29. The highest BCUT2D eigenvalue weighted by Gasteiger charge is 2.12. The third-order valence-electron chi connectivity index (χ3n) is 4.14. The van der Waals surface area contributed by atoms with Gasteiger partial charge in [0.2, 0.25) is 0 Å². The zero-order valence-corrected chi connectivity index (χ0v) is 14.3. The predicted molar refractivity (Wildman–Crippen MR) is 99.5 cm³/mol. The van der Waals surface area contributed by atoms with Gasteiger partial charge in [-0.05, 0) is 25.0 Å². The summed E-state index contributed by atoms with van der Waals surface area (Å²) in [7, 11) is 0. The van der Waals surface area contributed by atoms with Gasteiger partial charge in [-0.25, -0.2) is 4.98 Å². The third-order valence-corrected chi connectivity index (χ3v) is 4.14. The summed E-state index contributed by atoms with van der Waals surface area (Å²) in [5, 5.41) is 8.12. The van der Waals surface area contributed by atoms with Gasteiger partial charge in [-0.1, -0.05) is 54.6 Å². The van der Waals surface area contributed by atoms with E-state index in [0.29, 0.717) is 11.6 Å². The van der Waals surface area contributed by atoms with E-state index in [2.05, 4.69) is 45.5 Å². The van der Waals surface area contributed by atoms with Gasteiger partial charge >= 0.3 is 0 Å². The Labute approximate surface area is 146 Å². The van der Waals surface area contributed by atoms with E-state index in [9.17, 15) is 0 Å². The predicted octanol–water partition coefficient (Wildman–Crippen LogP) is 4.02. The number of hydrogen-bond acceptors (Lipinski definition) is 4. The SMILES string of the molecule is Cc1cc(NCc2ccccc2)n2nc(-c3ccccc3C)nc2n1. The molecule has 2 aromatic heterocycles. The summed E-state index contributed by atoms with van der Waals surface area (Å²) in [5.74, 6) is 2.19. The molecule has 1 N–H and O–H groups in total. The monoisotopic (exact) mass is 329 g/mol. The van der Waals surface area contributed by atoms with Crippen LogP contribution >= 0.6 is 0 Å². The summed E-state index contributed by atoms with van der Waals surface area (Å²) >= 11 is 0. The number of nitrogens with zero attached hydrogens (tertiary/aromatic N) is 4. The molecule has 0 fully saturated rings. The van der Waals surface area contributed by atoms with E-state index in [-0.39, 0.29) is 0 Å². The first-order chi connectivity index (χ1) is 12.2. The fraction of sp³-hybridized carbons (Fsp3) is 0.150. The van der Waals surface area contributed by atoms with Gasteiger partial charge in [0.05, 0.1) is 0 Å². The minimum Gasteiger partial charge on any atom is -0.366 e. The van der Waals surface area contributed by atoms with Crippen LogP contribution in [0, 0.1) is 13.8 Å². The standard InChI is InChI=1S/C20H19N5/c1-14-8-6-7-11-17(14)19-23-20-22-15(2)12-18(25(20)24-19)21-13-16-9-4-3-5-10-16/h3-12,21H,13H2,1-2H3. The molecule has 4 rings (SSSR count). The Morgan fingerprint density at radius 1 is 0.920 bits per heavy atom. The summed E-state index contributed by atoms with van der Waals surface area (Å²) < 4.78 is 1.78. The molecular formula is C20H19N5. The molecular weight excluding hydrogens is 310 g/mol. The number of aromatic nitrogens is 4. The van der Waals surface area contributed by atoms with Crippen molar-refractivity contribution >= 4 is 11.6 Å². The molecule has 0 bridgehead atoms. The zero-order chi connectivity index (χ0) is 17.2. The summed E-state index contributed by atoms with van der Waals surface area (Å²) in [6.45, 7) is 4.75. The lowest BCUT2D eigenvalue weighted by atomic mass is 10.1. The van der Waals surface area contributed by atoms with Gasteiger partial charge in [0.15, 0.2) is 5.82 Å². The van der Waals surface area contributed by atoms with Crippen molar-refractivity contribution in [1.82, 2.24) is 19.6 Å². The van der Waals surface area contributed by atoms with Crippen LogP contribution in [-0.4, -0.2) is 19.6 Å². The molecule has 4 aromatic rings. The molecule has 0 aliphatic heterocycles. The van der Waals surface area contributed by atoms with Crippen molar-refractivity contribution in [1.29, 1.82) is 0 Å². The fourth-order valence-corrected chi connectivity index (χ4v) is 2.84. The third kappa shape index (κ3) is 3.08. The van der Waals surface area contributed by atoms with Crippen LogP contribution in [0.15, 0.2) is 60.7 Å². The van der Waals surface area contributed by atoms with Gasteiger partial charge in [0.25, 0.3) is 5.78 Å². The average molecular weight is 329 g/mol. The molecule has 0 atom stereocenters. The van der Waals surface area contributed by atoms with E-state index >= 15 is 0 Å². The van der Waals surface area contributed by atoms with Crippen LogP contribution in [0.5, 0.6) is 0 Å². The molecule has 0 radical (unpaired) electrons. The number of hydrogen-bond donors (Lipinski definition) is 1. The second-order valence-corrected chi connectivity index (χ2v) is 6.08. The lowest BCUT2D eigenvalue weighted by Crippen LogP contribution is -2.06. The second-order valence-electron chi connectivity index (χ2n) is 6.08. The Morgan fingerprint density at radius 2 is 1.68 bits per heavy atom. The molecule has 0 amide bonds. The van der Waals surface area contributed by atoms with E-state index in [1.807, 2.05) is 49.4 Å². The van der Waals surface area contributed by atoms with E-state index in [4.69, 9.17) is 0 Å². The molecule has 5 heteroatoms. The highest BCUT2D eigenvalue weighted by molar-refractivity contribution is 5.62. The van der Waals surface area contributed by atoms with Gasteiger partial charge in [-0.2, -0.15) is 9.50 Å². The first-order valence-corrected chi connectivity index (χ1v) is 8.29. The minimum atomic E-state index is 0.605. The Morgan fingerprint density at radius 3 is 2.48 bits per heavy atom. The smallest absolute Gasteiger partial charge is 0.254 e. The molecule has 5 nitrogen and oxygen atoms in total. The molecule has 2 heterocycles. The Balaban J connectivity index is 1.73. The van der Waals surface area contributed by atoms with Gasteiger partial charge < -0.3 is 5.32 Å². The highest BCUT2D eigenvalue weighted by atomic mass is 15.4. The maximum Gasteiger partial charge on any atom is 0.254 e. The van der Waals surface area contributed by atoms with Crippen LogP contribution in [0.2, 0.25) is 0 Å². The van der Waals surface area contributed by atoms with Crippen LogP contribution in [0.1, 0.15) is 16.8 Å². The quantitative estimate of drug-likeness (QED) is 0.614. The van der Waals surface area contributed by atoms with Crippen molar-refractivity contribution in [2.24, 2.45) is 0 Å². The maximum absolute atomic E-state index is 4.68. The second kappa shape index (κ2) is 6.36. The zero-order valence-electron chi connectivity index (χ0n) is 14.3. The average Bonchev–Trinajstić information content (AvgIpc) is 3.04. The lowest BCUT2D eigenvalue weighted by Gasteiger charge is -2.08. The number of rotatable bonds is 4.